The number of hydrogen-bond donors (Lipinski definition) is 0. The molecule has 0 N–H and O–H groups in total. The highest BCUT2D eigenvalue weighted by Gasteiger charge is 2.14. The smallest absolute Gasteiger partial charge is 0.0704 e. The highest BCUT2D eigenvalue weighted by Crippen LogP contribution is 2.27. The van der Waals surface area contributed by atoms with Gasteiger partial charge in [0.25, 0.3) is 0 Å². The van der Waals surface area contributed by atoms with Crippen molar-refractivity contribution >= 4 is 22.5 Å². The van der Waals surface area contributed by atoms with Crippen molar-refractivity contribution in [3.05, 3.63) is 53.7 Å². The molecule has 1 aromatic heterocycles. The number of alkyl halides is 1. The summed E-state index contributed by atoms with van der Waals surface area (Å²) >= 11 is 6.10. The number of halogens is 1. The number of fused-ring (bicyclic) bond motifs is 1. The van der Waals surface area contributed by atoms with Crippen LogP contribution < -0.4 is 0 Å². The average Bonchev–Trinajstić information content (AvgIpc) is 2.75. The number of rotatable bonds is 2. The van der Waals surface area contributed by atoms with Gasteiger partial charge in [-0.3, -0.25) is 4.98 Å². The first-order valence-corrected chi connectivity index (χ1v) is 6.43. The van der Waals surface area contributed by atoms with Gasteiger partial charge in [0.15, 0.2) is 0 Å². The molecule has 0 amide bonds. The Morgan fingerprint density at radius 2 is 2.12 bits per heavy atom. The molecular formula is C15H14ClN. The lowest BCUT2D eigenvalue weighted by molar-refractivity contribution is 0.893. The molecule has 1 aliphatic carbocycles. The van der Waals surface area contributed by atoms with Crippen LogP contribution >= 0.6 is 11.6 Å². The summed E-state index contributed by atoms with van der Waals surface area (Å²) in [4.78, 5) is 4.39. The predicted octanol–water partition coefficient (Wildman–Crippen LogP) is 4.10. The summed E-state index contributed by atoms with van der Waals surface area (Å²) in [5.41, 5.74) is 3.89. The number of hydrogen-bond acceptors (Lipinski definition) is 1. The quantitative estimate of drug-likeness (QED) is 0.572. The Kier molecular flexibility index (Phi) is 2.86. The number of allylic oxidation sites excluding steroid dienone is 2. The van der Waals surface area contributed by atoms with Gasteiger partial charge in [0.05, 0.1) is 10.9 Å². The van der Waals surface area contributed by atoms with Crippen molar-refractivity contribution in [2.45, 2.75) is 24.6 Å². The first kappa shape index (κ1) is 10.8. The third kappa shape index (κ3) is 2.20. The fourth-order valence-corrected chi connectivity index (χ4v) is 2.73. The van der Waals surface area contributed by atoms with E-state index < -0.39 is 0 Å². The van der Waals surface area contributed by atoms with Crippen LogP contribution in [0.3, 0.4) is 0 Å². The van der Waals surface area contributed by atoms with Crippen LogP contribution in [0.2, 0.25) is 0 Å². The van der Waals surface area contributed by atoms with E-state index in [9.17, 15) is 0 Å². The number of nitrogens with zero attached hydrogens (tertiary/aromatic N) is 1. The van der Waals surface area contributed by atoms with Gasteiger partial charge >= 0.3 is 0 Å². The molecule has 0 fully saturated rings. The van der Waals surface area contributed by atoms with Gasteiger partial charge in [-0.05, 0) is 37.0 Å². The first-order chi connectivity index (χ1) is 8.33. The maximum atomic E-state index is 6.10. The molecule has 86 valence electrons. The second-order valence-corrected chi connectivity index (χ2v) is 5.10. The Bertz CT molecular complexity index is 569. The molecule has 0 saturated carbocycles. The van der Waals surface area contributed by atoms with Crippen LogP contribution in [-0.2, 0) is 6.42 Å². The van der Waals surface area contributed by atoms with Crippen LogP contribution in [0.4, 0.5) is 0 Å². The van der Waals surface area contributed by atoms with E-state index in [0.717, 1.165) is 24.8 Å². The molecule has 0 saturated heterocycles. The van der Waals surface area contributed by atoms with Crippen LogP contribution in [0.5, 0.6) is 0 Å². The third-order valence-corrected chi connectivity index (χ3v) is 3.66. The molecule has 1 nitrogen and oxygen atoms in total. The Labute approximate surface area is 106 Å². The molecule has 1 aliphatic rings. The number of para-hydroxylation sites is 1. The van der Waals surface area contributed by atoms with E-state index in [4.69, 9.17) is 11.6 Å². The third-order valence-electron chi connectivity index (χ3n) is 3.31. The van der Waals surface area contributed by atoms with Crippen molar-refractivity contribution in [2.24, 2.45) is 0 Å². The summed E-state index contributed by atoms with van der Waals surface area (Å²) in [6.45, 7) is 0. The monoisotopic (exact) mass is 243 g/mol. The van der Waals surface area contributed by atoms with Crippen LogP contribution in [0, 0.1) is 0 Å². The van der Waals surface area contributed by atoms with E-state index in [1.54, 1.807) is 0 Å². The molecule has 17 heavy (non-hydrogen) atoms. The highest BCUT2D eigenvalue weighted by atomic mass is 35.5. The van der Waals surface area contributed by atoms with Crippen molar-refractivity contribution < 1.29 is 0 Å². The summed E-state index contributed by atoms with van der Waals surface area (Å²) in [6.07, 6.45) is 7.32. The number of pyridine rings is 1. The zero-order chi connectivity index (χ0) is 11.7. The maximum absolute atomic E-state index is 6.10. The molecular weight excluding hydrogens is 230 g/mol. The van der Waals surface area contributed by atoms with Crippen molar-refractivity contribution in [3.63, 3.8) is 0 Å². The van der Waals surface area contributed by atoms with E-state index in [2.05, 4.69) is 35.3 Å². The minimum atomic E-state index is 0.234. The van der Waals surface area contributed by atoms with Gasteiger partial charge in [-0.25, -0.2) is 0 Å². The minimum Gasteiger partial charge on any atom is -0.256 e. The van der Waals surface area contributed by atoms with E-state index in [1.807, 2.05) is 12.3 Å². The molecule has 2 heteroatoms. The zero-order valence-corrected chi connectivity index (χ0v) is 10.3. The average molecular weight is 244 g/mol. The maximum Gasteiger partial charge on any atom is 0.0704 e. The normalized spacial score (nSPS) is 19.6. The first-order valence-electron chi connectivity index (χ1n) is 5.99. The second kappa shape index (κ2) is 4.50. The van der Waals surface area contributed by atoms with E-state index in [0.29, 0.717) is 0 Å². The van der Waals surface area contributed by atoms with Gasteiger partial charge in [-0.1, -0.05) is 29.8 Å². The van der Waals surface area contributed by atoms with E-state index >= 15 is 0 Å². The summed E-state index contributed by atoms with van der Waals surface area (Å²) in [5, 5.41) is 1.49. The zero-order valence-electron chi connectivity index (χ0n) is 9.57. The molecule has 1 atom stereocenters. The van der Waals surface area contributed by atoms with Gasteiger partial charge in [0.2, 0.25) is 0 Å². The summed E-state index contributed by atoms with van der Waals surface area (Å²) in [6, 6.07) is 10.4. The fourth-order valence-electron chi connectivity index (χ4n) is 2.45. The Morgan fingerprint density at radius 3 is 2.94 bits per heavy atom. The SMILES string of the molecule is ClC1C=C(Cc2ccnc3ccccc23)CC1. The Hall–Kier alpha value is -1.34. The van der Waals surface area contributed by atoms with Crippen molar-refractivity contribution in [1.29, 1.82) is 0 Å². The van der Waals surface area contributed by atoms with E-state index in [1.165, 1.54) is 16.5 Å². The molecule has 0 radical (unpaired) electrons. The summed E-state index contributed by atoms with van der Waals surface area (Å²) in [5.74, 6) is 0. The molecule has 0 aliphatic heterocycles. The minimum absolute atomic E-state index is 0.234. The van der Waals surface area contributed by atoms with Crippen LogP contribution in [0.25, 0.3) is 10.9 Å². The number of aromatic nitrogens is 1. The van der Waals surface area contributed by atoms with Gasteiger partial charge < -0.3 is 0 Å². The van der Waals surface area contributed by atoms with Crippen molar-refractivity contribution in [1.82, 2.24) is 4.98 Å². The molecule has 0 bridgehead atoms. The molecule has 1 aromatic carbocycles. The van der Waals surface area contributed by atoms with Crippen LogP contribution in [-0.4, -0.2) is 10.4 Å². The topological polar surface area (TPSA) is 12.9 Å². The lowest BCUT2D eigenvalue weighted by Gasteiger charge is -2.06. The molecule has 1 heterocycles. The van der Waals surface area contributed by atoms with Crippen molar-refractivity contribution in [3.8, 4) is 0 Å². The van der Waals surface area contributed by atoms with Gasteiger partial charge in [-0.15, -0.1) is 11.6 Å². The molecule has 2 aromatic rings. The largest absolute Gasteiger partial charge is 0.256 e. The molecule has 1 unspecified atom stereocenters. The van der Waals surface area contributed by atoms with Crippen molar-refractivity contribution in [2.75, 3.05) is 0 Å². The fraction of sp³-hybridized carbons (Fsp3) is 0.267. The Balaban J connectivity index is 1.98. The lowest BCUT2D eigenvalue weighted by atomic mass is 10.0. The van der Waals surface area contributed by atoms with E-state index in [-0.39, 0.29) is 5.38 Å². The van der Waals surface area contributed by atoms with Crippen LogP contribution in [0.15, 0.2) is 48.2 Å². The second-order valence-electron chi connectivity index (χ2n) is 4.54. The van der Waals surface area contributed by atoms with Gasteiger partial charge in [-0.2, -0.15) is 0 Å². The van der Waals surface area contributed by atoms with Gasteiger partial charge in [0, 0.05) is 11.6 Å². The molecule has 3 rings (SSSR count). The summed E-state index contributed by atoms with van der Waals surface area (Å²) < 4.78 is 0. The predicted molar refractivity (Wildman–Crippen MR) is 72.4 cm³/mol. The highest BCUT2D eigenvalue weighted by molar-refractivity contribution is 6.22. The summed E-state index contributed by atoms with van der Waals surface area (Å²) in [7, 11) is 0. The Morgan fingerprint density at radius 1 is 1.24 bits per heavy atom. The lowest BCUT2D eigenvalue weighted by Crippen LogP contribution is -1.91. The van der Waals surface area contributed by atoms with Gasteiger partial charge in [0.1, 0.15) is 0 Å². The van der Waals surface area contributed by atoms with Crippen LogP contribution in [0.1, 0.15) is 18.4 Å². The number of benzene rings is 1. The molecule has 0 spiro atoms. The standard InChI is InChI=1S/C15H14ClN/c16-13-6-5-11(10-13)9-12-7-8-17-15-4-2-1-3-14(12)15/h1-4,7-8,10,13H,5-6,9H2.